The fraction of sp³-hybridized carbons (Fsp3) is 0.333. The number of hydrogen-bond acceptors (Lipinski definition) is 5. The van der Waals surface area contributed by atoms with Crippen LogP contribution >= 0.6 is 11.5 Å². The summed E-state index contributed by atoms with van der Waals surface area (Å²) in [6, 6.07) is 2.01. The minimum Gasteiger partial charge on any atom is -0.383 e. The summed E-state index contributed by atoms with van der Waals surface area (Å²) < 4.78 is 4.01. The zero-order valence-electron chi connectivity index (χ0n) is 8.40. The molecule has 2 rings (SSSR count). The first kappa shape index (κ1) is 9.97. The van der Waals surface area contributed by atoms with Gasteiger partial charge in [0.25, 0.3) is 0 Å². The van der Waals surface area contributed by atoms with E-state index in [0.29, 0.717) is 5.82 Å². The molecule has 1 unspecified atom stereocenters. The van der Waals surface area contributed by atoms with Gasteiger partial charge < -0.3 is 16.0 Å². The van der Waals surface area contributed by atoms with Crippen LogP contribution in [0.25, 0.3) is 0 Å². The number of H-pyrrole nitrogens is 1. The summed E-state index contributed by atoms with van der Waals surface area (Å²) in [5, 5.41) is 4.30. The molecule has 0 aliphatic heterocycles. The van der Waals surface area contributed by atoms with Crippen molar-refractivity contribution in [2.24, 2.45) is 0 Å². The van der Waals surface area contributed by atoms with Crippen LogP contribution in [0.1, 0.15) is 25.2 Å². The molecule has 6 heteroatoms. The second kappa shape index (κ2) is 4.31. The van der Waals surface area contributed by atoms with Crippen LogP contribution in [0.4, 0.5) is 10.8 Å². The Hall–Kier alpha value is -1.56. The molecule has 15 heavy (non-hydrogen) atoms. The molecule has 0 radical (unpaired) electrons. The van der Waals surface area contributed by atoms with Gasteiger partial charge in [0.15, 0.2) is 0 Å². The molecule has 2 aromatic rings. The molecule has 0 bridgehead atoms. The van der Waals surface area contributed by atoms with Crippen molar-refractivity contribution in [2.75, 3.05) is 11.1 Å². The Morgan fingerprint density at radius 3 is 3.07 bits per heavy atom. The fourth-order valence-corrected chi connectivity index (χ4v) is 1.99. The molecular weight excluding hydrogens is 210 g/mol. The minimum absolute atomic E-state index is 0.180. The maximum Gasteiger partial charge on any atom is 0.139 e. The number of hydrogen-bond donors (Lipinski definition) is 3. The molecule has 4 N–H and O–H groups in total. The summed E-state index contributed by atoms with van der Waals surface area (Å²) in [7, 11) is 0. The van der Waals surface area contributed by atoms with E-state index >= 15 is 0 Å². The lowest BCUT2D eigenvalue weighted by Gasteiger charge is -2.13. The summed E-state index contributed by atoms with van der Waals surface area (Å²) in [4.78, 5) is 7.32. The maximum atomic E-state index is 5.55. The van der Waals surface area contributed by atoms with E-state index < -0.39 is 0 Å². The van der Waals surface area contributed by atoms with Crippen molar-refractivity contribution in [1.82, 2.24) is 14.3 Å². The van der Waals surface area contributed by atoms with E-state index in [0.717, 1.165) is 17.2 Å². The molecular formula is C9H13N5S. The molecule has 0 saturated carbocycles. The van der Waals surface area contributed by atoms with Crippen LogP contribution in [0.15, 0.2) is 18.5 Å². The summed E-state index contributed by atoms with van der Waals surface area (Å²) in [6.45, 7) is 2.10. The van der Waals surface area contributed by atoms with Gasteiger partial charge in [-0.25, -0.2) is 4.98 Å². The Morgan fingerprint density at radius 2 is 2.53 bits per heavy atom. The van der Waals surface area contributed by atoms with Gasteiger partial charge in [-0.05, 0) is 18.0 Å². The van der Waals surface area contributed by atoms with Gasteiger partial charge in [-0.2, -0.15) is 4.37 Å². The number of nitrogens with zero attached hydrogens (tertiary/aromatic N) is 2. The highest BCUT2D eigenvalue weighted by Crippen LogP contribution is 2.24. The third-order valence-corrected chi connectivity index (χ3v) is 2.84. The summed E-state index contributed by atoms with van der Waals surface area (Å²) in [6.07, 6.45) is 4.52. The maximum absolute atomic E-state index is 5.55. The van der Waals surface area contributed by atoms with Gasteiger partial charge in [-0.3, -0.25) is 0 Å². The Kier molecular flexibility index (Phi) is 2.86. The first-order valence-electron chi connectivity index (χ1n) is 4.77. The van der Waals surface area contributed by atoms with E-state index in [-0.39, 0.29) is 6.04 Å². The SMILES string of the molecule is CCC(Nc1cc(N)ns1)c1ncc[nH]1. The standard InChI is InChI=1S/C9H13N5S/c1-2-6(9-11-3-4-12-9)13-8-5-7(10)14-15-8/h3-6,13H,2H2,1H3,(H2,10,14)(H,11,12). The van der Waals surface area contributed by atoms with Crippen molar-refractivity contribution in [3.05, 3.63) is 24.3 Å². The highest BCUT2D eigenvalue weighted by Gasteiger charge is 2.12. The average molecular weight is 223 g/mol. The molecule has 0 fully saturated rings. The van der Waals surface area contributed by atoms with E-state index in [4.69, 9.17) is 5.73 Å². The van der Waals surface area contributed by atoms with Crippen LogP contribution in [-0.2, 0) is 0 Å². The lowest BCUT2D eigenvalue weighted by Crippen LogP contribution is -2.10. The number of anilines is 2. The molecule has 80 valence electrons. The van der Waals surface area contributed by atoms with Gasteiger partial charge in [0.05, 0.1) is 6.04 Å². The van der Waals surface area contributed by atoms with Crippen LogP contribution in [0.5, 0.6) is 0 Å². The monoisotopic (exact) mass is 223 g/mol. The van der Waals surface area contributed by atoms with Crippen molar-refractivity contribution in [1.29, 1.82) is 0 Å². The van der Waals surface area contributed by atoms with Crippen LogP contribution in [0, 0.1) is 0 Å². The molecule has 1 atom stereocenters. The second-order valence-corrected chi connectivity index (χ2v) is 4.00. The molecule has 0 saturated heterocycles. The van der Waals surface area contributed by atoms with E-state index in [1.165, 1.54) is 11.5 Å². The quantitative estimate of drug-likeness (QED) is 0.740. The van der Waals surface area contributed by atoms with E-state index in [1.54, 1.807) is 6.20 Å². The molecule has 0 spiro atoms. The third kappa shape index (κ3) is 2.27. The number of imidazole rings is 1. The number of rotatable bonds is 4. The Morgan fingerprint density at radius 1 is 1.67 bits per heavy atom. The molecule has 2 aromatic heterocycles. The minimum atomic E-state index is 0.180. The van der Waals surface area contributed by atoms with Gasteiger partial charge in [-0.15, -0.1) is 0 Å². The molecule has 0 aromatic carbocycles. The van der Waals surface area contributed by atoms with Crippen LogP contribution in [0.2, 0.25) is 0 Å². The van der Waals surface area contributed by atoms with Crippen LogP contribution in [0.3, 0.4) is 0 Å². The molecule has 0 amide bonds. The number of aromatic amines is 1. The number of aromatic nitrogens is 3. The number of nitrogens with two attached hydrogens (primary N) is 1. The second-order valence-electron chi connectivity index (χ2n) is 3.20. The number of nitrogen functional groups attached to an aromatic ring is 1. The molecule has 0 aliphatic rings. The molecule has 2 heterocycles. The summed E-state index contributed by atoms with van der Waals surface area (Å²) >= 11 is 1.36. The Bertz CT molecular complexity index is 408. The first-order chi connectivity index (χ1) is 7.29. The van der Waals surface area contributed by atoms with Gasteiger partial charge in [-0.1, -0.05) is 6.92 Å². The van der Waals surface area contributed by atoms with Crippen LogP contribution < -0.4 is 11.1 Å². The summed E-state index contributed by atoms with van der Waals surface area (Å²) in [5.74, 6) is 1.49. The Balaban J connectivity index is 2.09. The van der Waals surface area contributed by atoms with Gasteiger partial charge >= 0.3 is 0 Å². The Labute approximate surface area is 91.9 Å². The van der Waals surface area contributed by atoms with Crippen molar-refractivity contribution in [3.63, 3.8) is 0 Å². The molecule has 5 nitrogen and oxygen atoms in total. The largest absolute Gasteiger partial charge is 0.383 e. The first-order valence-corrected chi connectivity index (χ1v) is 5.55. The summed E-state index contributed by atoms with van der Waals surface area (Å²) in [5.41, 5.74) is 5.55. The van der Waals surface area contributed by atoms with E-state index in [2.05, 4.69) is 26.6 Å². The lowest BCUT2D eigenvalue weighted by atomic mass is 10.2. The van der Waals surface area contributed by atoms with Gasteiger partial charge in [0.2, 0.25) is 0 Å². The number of nitrogens with one attached hydrogen (secondary N) is 2. The van der Waals surface area contributed by atoms with Crippen molar-refractivity contribution in [2.45, 2.75) is 19.4 Å². The lowest BCUT2D eigenvalue weighted by molar-refractivity contribution is 0.706. The van der Waals surface area contributed by atoms with Gasteiger partial charge in [0, 0.05) is 18.5 Å². The van der Waals surface area contributed by atoms with Gasteiger partial charge in [0.1, 0.15) is 16.6 Å². The topological polar surface area (TPSA) is 79.6 Å². The van der Waals surface area contributed by atoms with Crippen molar-refractivity contribution >= 4 is 22.4 Å². The zero-order chi connectivity index (χ0) is 10.7. The predicted molar refractivity (Wildman–Crippen MR) is 61.8 cm³/mol. The normalized spacial score (nSPS) is 12.6. The molecule has 0 aliphatic carbocycles. The van der Waals surface area contributed by atoms with Crippen molar-refractivity contribution in [3.8, 4) is 0 Å². The average Bonchev–Trinajstić information content (AvgIpc) is 2.85. The van der Waals surface area contributed by atoms with E-state index in [9.17, 15) is 0 Å². The van der Waals surface area contributed by atoms with Crippen molar-refractivity contribution < 1.29 is 0 Å². The zero-order valence-corrected chi connectivity index (χ0v) is 9.21. The fourth-order valence-electron chi connectivity index (χ4n) is 1.36. The van der Waals surface area contributed by atoms with E-state index in [1.807, 2.05) is 12.3 Å². The smallest absolute Gasteiger partial charge is 0.139 e. The third-order valence-electron chi connectivity index (χ3n) is 2.10. The highest BCUT2D eigenvalue weighted by atomic mass is 32.1. The van der Waals surface area contributed by atoms with Crippen LogP contribution in [-0.4, -0.2) is 14.3 Å². The predicted octanol–water partition coefficient (Wildman–Crippen LogP) is 2.01. The highest BCUT2D eigenvalue weighted by molar-refractivity contribution is 7.10.